The lowest BCUT2D eigenvalue weighted by Crippen LogP contribution is -2.28. The molecule has 0 saturated heterocycles. The molecule has 0 aliphatic rings. The summed E-state index contributed by atoms with van der Waals surface area (Å²) in [5, 5.41) is 0.913. The van der Waals surface area contributed by atoms with E-state index in [1.165, 1.54) is 11.3 Å². The number of ether oxygens (including phenoxy) is 1. The fraction of sp³-hybridized carbons (Fsp3) is 0.636. The molecule has 1 aromatic rings. The summed E-state index contributed by atoms with van der Waals surface area (Å²) in [6, 6.07) is 0. The number of hydrogen-bond acceptors (Lipinski definition) is 4. The molecule has 0 atom stereocenters. The molecule has 0 radical (unpaired) electrons. The van der Waals surface area contributed by atoms with Gasteiger partial charge in [0.05, 0.1) is 4.88 Å². The molecule has 4 heteroatoms. The van der Waals surface area contributed by atoms with Crippen LogP contribution in [0, 0.1) is 0 Å². The Balaban J connectivity index is 3.01. The summed E-state index contributed by atoms with van der Waals surface area (Å²) in [4.78, 5) is 15.6. The minimum Gasteiger partial charge on any atom is -0.368 e. The smallest absolute Gasteiger partial charge is 0.161 e. The zero-order valence-corrected chi connectivity index (χ0v) is 10.3. The molecular weight excluding hydrogens is 210 g/mol. The number of hydrogen-bond donors (Lipinski definition) is 0. The van der Waals surface area contributed by atoms with E-state index < -0.39 is 0 Å². The molecule has 1 aromatic heterocycles. The number of thiazole rings is 1. The Morgan fingerprint density at radius 3 is 2.53 bits per heavy atom. The highest BCUT2D eigenvalue weighted by atomic mass is 32.1. The van der Waals surface area contributed by atoms with Gasteiger partial charge in [0.2, 0.25) is 0 Å². The van der Waals surface area contributed by atoms with E-state index >= 15 is 0 Å². The fourth-order valence-electron chi connectivity index (χ4n) is 1.65. The van der Waals surface area contributed by atoms with Crippen molar-refractivity contribution in [2.24, 2.45) is 0 Å². The van der Waals surface area contributed by atoms with Gasteiger partial charge < -0.3 is 4.74 Å². The number of aromatic nitrogens is 1. The molecule has 1 rings (SSSR count). The van der Waals surface area contributed by atoms with Crippen molar-refractivity contribution in [3.8, 4) is 0 Å². The van der Waals surface area contributed by atoms with E-state index in [1.807, 2.05) is 6.92 Å². The van der Waals surface area contributed by atoms with Gasteiger partial charge in [-0.2, -0.15) is 0 Å². The lowest BCUT2D eigenvalue weighted by atomic mass is 9.98. The third-order valence-electron chi connectivity index (χ3n) is 2.59. The van der Waals surface area contributed by atoms with Crippen molar-refractivity contribution in [1.29, 1.82) is 0 Å². The summed E-state index contributed by atoms with van der Waals surface area (Å²) in [6.07, 6.45) is 4.21. The van der Waals surface area contributed by atoms with E-state index in [9.17, 15) is 4.79 Å². The van der Waals surface area contributed by atoms with Crippen molar-refractivity contribution in [3.63, 3.8) is 0 Å². The van der Waals surface area contributed by atoms with Crippen molar-refractivity contribution in [2.45, 2.75) is 39.2 Å². The Hall–Kier alpha value is -0.740. The van der Waals surface area contributed by atoms with E-state index in [0.717, 1.165) is 24.1 Å². The first-order valence-electron chi connectivity index (χ1n) is 5.27. The first kappa shape index (κ1) is 12.3. The van der Waals surface area contributed by atoms with Gasteiger partial charge in [-0.25, -0.2) is 4.98 Å². The summed E-state index contributed by atoms with van der Waals surface area (Å²) in [7, 11) is 0. The lowest BCUT2D eigenvalue weighted by Gasteiger charge is -2.29. The first-order chi connectivity index (χ1) is 7.22. The maximum atomic E-state index is 10.6. The zero-order valence-electron chi connectivity index (χ0n) is 9.45. The molecule has 0 fully saturated rings. The van der Waals surface area contributed by atoms with Crippen LogP contribution in [0.1, 0.15) is 48.3 Å². The van der Waals surface area contributed by atoms with Crippen LogP contribution in [0.2, 0.25) is 0 Å². The number of rotatable bonds is 6. The molecule has 0 bridgehead atoms. The number of carbonyl (C=O) groups excluding carboxylic acids is 1. The van der Waals surface area contributed by atoms with Crippen LogP contribution < -0.4 is 0 Å². The zero-order chi connectivity index (χ0) is 11.3. The van der Waals surface area contributed by atoms with Crippen LogP contribution in [0.4, 0.5) is 0 Å². The van der Waals surface area contributed by atoms with Crippen molar-refractivity contribution in [1.82, 2.24) is 4.98 Å². The average molecular weight is 227 g/mol. The van der Waals surface area contributed by atoms with Crippen LogP contribution in [0.25, 0.3) is 0 Å². The number of aldehydes is 1. The van der Waals surface area contributed by atoms with Crippen LogP contribution >= 0.6 is 11.3 Å². The van der Waals surface area contributed by atoms with Gasteiger partial charge in [0, 0.05) is 12.8 Å². The van der Waals surface area contributed by atoms with Gasteiger partial charge in [0.1, 0.15) is 10.6 Å². The number of nitrogens with zero attached hydrogens (tertiary/aromatic N) is 1. The quantitative estimate of drug-likeness (QED) is 0.701. The van der Waals surface area contributed by atoms with Gasteiger partial charge in [-0.3, -0.25) is 4.79 Å². The molecule has 0 aliphatic heterocycles. The van der Waals surface area contributed by atoms with E-state index in [2.05, 4.69) is 18.8 Å². The maximum absolute atomic E-state index is 10.6. The van der Waals surface area contributed by atoms with Crippen LogP contribution in [-0.4, -0.2) is 17.9 Å². The molecule has 84 valence electrons. The highest BCUT2D eigenvalue weighted by molar-refractivity contribution is 7.13. The minimum absolute atomic E-state index is 0.305. The fourth-order valence-corrected chi connectivity index (χ4v) is 2.66. The summed E-state index contributed by atoms with van der Waals surface area (Å²) < 4.78 is 5.80. The minimum atomic E-state index is -0.305. The Morgan fingerprint density at radius 1 is 1.47 bits per heavy atom. The van der Waals surface area contributed by atoms with E-state index in [1.54, 1.807) is 6.20 Å². The predicted molar refractivity (Wildman–Crippen MR) is 61.4 cm³/mol. The molecule has 0 aliphatic carbocycles. The average Bonchev–Trinajstić information content (AvgIpc) is 2.75. The Labute approximate surface area is 94.5 Å². The Morgan fingerprint density at radius 2 is 2.13 bits per heavy atom. The monoisotopic (exact) mass is 227 g/mol. The predicted octanol–water partition coefficient (Wildman–Crippen LogP) is 3.01. The van der Waals surface area contributed by atoms with Gasteiger partial charge >= 0.3 is 0 Å². The van der Waals surface area contributed by atoms with Crippen molar-refractivity contribution >= 4 is 17.6 Å². The molecule has 1 heterocycles. The molecule has 0 aromatic carbocycles. The summed E-state index contributed by atoms with van der Waals surface area (Å²) >= 11 is 1.42. The molecule has 0 amide bonds. The van der Waals surface area contributed by atoms with Crippen LogP contribution in [0.3, 0.4) is 0 Å². The summed E-state index contributed by atoms with van der Waals surface area (Å²) in [6.45, 7) is 6.81. The van der Waals surface area contributed by atoms with Crippen LogP contribution in [0.5, 0.6) is 0 Å². The highest BCUT2D eigenvalue weighted by Gasteiger charge is 2.32. The normalized spacial score (nSPS) is 11.7. The van der Waals surface area contributed by atoms with Gasteiger partial charge in [-0.1, -0.05) is 13.8 Å². The Bertz CT molecular complexity index is 318. The maximum Gasteiger partial charge on any atom is 0.161 e. The Kier molecular flexibility index (Phi) is 4.42. The molecule has 0 unspecified atom stereocenters. The second-order valence-electron chi connectivity index (χ2n) is 3.32. The van der Waals surface area contributed by atoms with Crippen LogP contribution in [0.15, 0.2) is 6.20 Å². The van der Waals surface area contributed by atoms with Gasteiger partial charge in [0.25, 0.3) is 0 Å². The SMILES string of the molecule is CCOC(CC)(CC)c1ncc(C=O)s1. The van der Waals surface area contributed by atoms with Crippen molar-refractivity contribution in [3.05, 3.63) is 16.1 Å². The largest absolute Gasteiger partial charge is 0.368 e. The van der Waals surface area contributed by atoms with E-state index in [-0.39, 0.29) is 5.60 Å². The number of carbonyl (C=O) groups is 1. The highest BCUT2D eigenvalue weighted by Crippen LogP contribution is 2.35. The van der Waals surface area contributed by atoms with E-state index in [0.29, 0.717) is 11.5 Å². The summed E-state index contributed by atoms with van der Waals surface area (Å²) in [5.74, 6) is 0. The topological polar surface area (TPSA) is 39.2 Å². The third kappa shape index (κ3) is 2.44. The molecule has 15 heavy (non-hydrogen) atoms. The lowest BCUT2D eigenvalue weighted by molar-refractivity contribution is -0.0506. The molecule has 0 spiro atoms. The van der Waals surface area contributed by atoms with E-state index in [4.69, 9.17) is 4.74 Å². The second-order valence-corrected chi connectivity index (χ2v) is 4.38. The molecule has 3 nitrogen and oxygen atoms in total. The molecule has 0 saturated carbocycles. The first-order valence-corrected chi connectivity index (χ1v) is 6.09. The van der Waals surface area contributed by atoms with Gasteiger partial charge in [-0.05, 0) is 19.8 Å². The second kappa shape index (κ2) is 5.37. The third-order valence-corrected chi connectivity index (χ3v) is 3.70. The summed E-state index contributed by atoms with van der Waals surface area (Å²) in [5.41, 5.74) is -0.305. The van der Waals surface area contributed by atoms with Crippen molar-refractivity contribution < 1.29 is 9.53 Å². The van der Waals surface area contributed by atoms with Crippen LogP contribution in [-0.2, 0) is 10.3 Å². The van der Waals surface area contributed by atoms with Gasteiger partial charge in [-0.15, -0.1) is 11.3 Å². The van der Waals surface area contributed by atoms with Crippen molar-refractivity contribution in [2.75, 3.05) is 6.61 Å². The molecular formula is C11H17NO2S. The standard InChI is InChI=1S/C11H17NO2S/c1-4-11(5-2,14-6-3)10-12-7-9(8-13)15-10/h7-8H,4-6H2,1-3H3. The molecule has 0 N–H and O–H groups in total. The van der Waals surface area contributed by atoms with Gasteiger partial charge in [0.15, 0.2) is 6.29 Å².